The maximum absolute atomic E-state index is 12.2. The summed E-state index contributed by atoms with van der Waals surface area (Å²) in [6.07, 6.45) is 0. The molecule has 108 valence electrons. The summed E-state index contributed by atoms with van der Waals surface area (Å²) in [5.74, 6) is -0.545. The molecule has 2 amide bonds. The second-order valence-corrected chi connectivity index (χ2v) is 5.18. The third-order valence-corrected chi connectivity index (χ3v) is 3.19. The predicted molar refractivity (Wildman–Crippen MR) is 85.2 cm³/mol. The van der Waals surface area contributed by atoms with Crippen molar-refractivity contribution >= 4 is 46.4 Å². The third-order valence-electron chi connectivity index (χ3n) is 2.62. The standard InChI is InChI=1S/C15H12Cl2N2O2/c1-9(20)18-12-4-2-3-10(7-12)15(21)19-14-8-11(16)5-6-13(14)17/h2-8H,1H3,(H,18,20)(H,19,21). The van der Waals surface area contributed by atoms with Crippen LogP contribution in [0.2, 0.25) is 10.0 Å². The predicted octanol–water partition coefficient (Wildman–Crippen LogP) is 4.20. The van der Waals surface area contributed by atoms with E-state index in [9.17, 15) is 9.59 Å². The number of carbonyl (C=O) groups is 2. The lowest BCUT2D eigenvalue weighted by Gasteiger charge is -2.09. The van der Waals surface area contributed by atoms with Gasteiger partial charge in [-0.25, -0.2) is 0 Å². The van der Waals surface area contributed by atoms with Gasteiger partial charge in [-0.1, -0.05) is 29.3 Å². The normalized spacial score (nSPS) is 10.0. The lowest BCUT2D eigenvalue weighted by atomic mass is 10.2. The van der Waals surface area contributed by atoms with Crippen molar-refractivity contribution in [1.82, 2.24) is 0 Å². The van der Waals surface area contributed by atoms with Gasteiger partial charge in [0.2, 0.25) is 5.91 Å². The minimum atomic E-state index is -0.341. The molecule has 0 fully saturated rings. The highest BCUT2D eigenvalue weighted by molar-refractivity contribution is 6.35. The van der Waals surface area contributed by atoms with Crippen molar-refractivity contribution in [1.29, 1.82) is 0 Å². The summed E-state index contributed by atoms with van der Waals surface area (Å²) in [4.78, 5) is 23.2. The van der Waals surface area contributed by atoms with Gasteiger partial charge in [0.1, 0.15) is 0 Å². The van der Waals surface area contributed by atoms with Crippen LogP contribution in [0.15, 0.2) is 42.5 Å². The van der Waals surface area contributed by atoms with Gasteiger partial charge in [-0.15, -0.1) is 0 Å². The number of halogens is 2. The summed E-state index contributed by atoms with van der Waals surface area (Å²) in [5, 5.41) is 6.17. The van der Waals surface area contributed by atoms with E-state index in [1.54, 1.807) is 42.5 Å². The zero-order chi connectivity index (χ0) is 15.4. The van der Waals surface area contributed by atoms with Crippen LogP contribution < -0.4 is 10.6 Å². The molecule has 0 bridgehead atoms. The van der Waals surface area contributed by atoms with E-state index in [-0.39, 0.29) is 11.8 Å². The smallest absolute Gasteiger partial charge is 0.255 e. The molecule has 0 radical (unpaired) electrons. The molecular weight excluding hydrogens is 311 g/mol. The molecule has 0 spiro atoms. The first kappa shape index (κ1) is 15.4. The van der Waals surface area contributed by atoms with E-state index < -0.39 is 0 Å². The third kappa shape index (κ3) is 4.21. The molecule has 2 rings (SSSR count). The quantitative estimate of drug-likeness (QED) is 0.889. The van der Waals surface area contributed by atoms with Crippen molar-refractivity contribution in [3.05, 3.63) is 58.1 Å². The molecular formula is C15H12Cl2N2O2. The van der Waals surface area contributed by atoms with Crippen LogP contribution in [0, 0.1) is 0 Å². The van der Waals surface area contributed by atoms with Gasteiger partial charge in [-0.2, -0.15) is 0 Å². The number of nitrogens with one attached hydrogen (secondary N) is 2. The van der Waals surface area contributed by atoms with Gasteiger partial charge in [0.25, 0.3) is 5.91 Å². The molecule has 2 aromatic rings. The summed E-state index contributed by atoms with van der Waals surface area (Å²) >= 11 is 11.9. The van der Waals surface area contributed by atoms with Crippen molar-refractivity contribution in [2.45, 2.75) is 6.92 Å². The Hall–Kier alpha value is -2.04. The van der Waals surface area contributed by atoms with E-state index in [4.69, 9.17) is 23.2 Å². The second-order valence-electron chi connectivity index (χ2n) is 4.34. The van der Waals surface area contributed by atoms with Crippen LogP contribution in [-0.4, -0.2) is 11.8 Å². The van der Waals surface area contributed by atoms with Crippen molar-refractivity contribution in [3.63, 3.8) is 0 Å². The largest absolute Gasteiger partial charge is 0.326 e. The Kier molecular flexibility index (Phi) is 4.83. The molecule has 0 saturated heterocycles. The van der Waals surface area contributed by atoms with Crippen LogP contribution in [0.4, 0.5) is 11.4 Å². The number of benzene rings is 2. The van der Waals surface area contributed by atoms with Gasteiger partial charge in [-0.3, -0.25) is 9.59 Å². The molecule has 2 N–H and O–H groups in total. The Balaban J connectivity index is 2.20. The topological polar surface area (TPSA) is 58.2 Å². The van der Waals surface area contributed by atoms with Gasteiger partial charge in [0.15, 0.2) is 0 Å². The maximum atomic E-state index is 12.2. The van der Waals surface area contributed by atoms with Gasteiger partial charge in [0.05, 0.1) is 10.7 Å². The first-order chi connectivity index (χ1) is 9.95. The van der Waals surface area contributed by atoms with E-state index >= 15 is 0 Å². The van der Waals surface area contributed by atoms with Crippen LogP contribution in [0.5, 0.6) is 0 Å². The lowest BCUT2D eigenvalue weighted by Crippen LogP contribution is -2.13. The van der Waals surface area contributed by atoms with Crippen molar-refractivity contribution in [2.75, 3.05) is 10.6 Å². The summed E-state index contributed by atoms with van der Waals surface area (Å²) in [5.41, 5.74) is 1.38. The molecule has 6 heteroatoms. The lowest BCUT2D eigenvalue weighted by molar-refractivity contribution is -0.114. The minimum absolute atomic E-state index is 0.203. The summed E-state index contributed by atoms with van der Waals surface area (Å²) in [6, 6.07) is 11.4. The number of hydrogen-bond donors (Lipinski definition) is 2. The molecule has 0 aliphatic heterocycles. The first-order valence-electron chi connectivity index (χ1n) is 6.10. The highest BCUT2D eigenvalue weighted by atomic mass is 35.5. The Labute approximate surface area is 132 Å². The number of amides is 2. The molecule has 21 heavy (non-hydrogen) atoms. The van der Waals surface area contributed by atoms with Gasteiger partial charge >= 0.3 is 0 Å². The summed E-state index contributed by atoms with van der Waals surface area (Å²) < 4.78 is 0. The van der Waals surface area contributed by atoms with Crippen LogP contribution in [0.25, 0.3) is 0 Å². The van der Waals surface area contributed by atoms with Gasteiger partial charge < -0.3 is 10.6 Å². The van der Waals surface area contributed by atoms with Crippen LogP contribution >= 0.6 is 23.2 Å². The number of anilines is 2. The van der Waals surface area contributed by atoms with Crippen molar-refractivity contribution < 1.29 is 9.59 Å². The molecule has 0 aromatic heterocycles. The highest BCUT2D eigenvalue weighted by Gasteiger charge is 2.10. The Morgan fingerprint density at radius 3 is 2.48 bits per heavy atom. The highest BCUT2D eigenvalue weighted by Crippen LogP contribution is 2.26. The fourth-order valence-corrected chi connectivity index (χ4v) is 2.07. The zero-order valence-corrected chi connectivity index (χ0v) is 12.6. The summed E-state index contributed by atoms with van der Waals surface area (Å²) in [6.45, 7) is 1.40. The fourth-order valence-electron chi connectivity index (χ4n) is 1.73. The zero-order valence-electron chi connectivity index (χ0n) is 11.1. The van der Waals surface area contributed by atoms with Crippen LogP contribution in [-0.2, 0) is 4.79 Å². The Morgan fingerprint density at radius 1 is 1.00 bits per heavy atom. The SMILES string of the molecule is CC(=O)Nc1cccc(C(=O)Nc2cc(Cl)ccc2Cl)c1. The van der Waals surface area contributed by atoms with E-state index in [1.165, 1.54) is 6.92 Å². The first-order valence-corrected chi connectivity index (χ1v) is 6.85. The summed E-state index contributed by atoms with van der Waals surface area (Å²) in [7, 11) is 0. The average Bonchev–Trinajstić information content (AvgIpc) is 2.42. The maximum Gasteiger partial charge on any atom is 0.255 e. The van der Waals surface area contributed by atoms with Gasteiger partial charge in [0, 0.05) is 23.2 Å². The molecule has 0 saturated carbocycles. The molecule has 4 nitrogen and oxygen atoms in total. The fraction of sp³-hybridized carbons (Fsp3) is 0.0667. The van der Waals surface area contributed by atoms with Crippen LogP contribution in [0.1, 0.15) is 17.3 Å². The van der Waals surface area contributed by atoms with Crippen LogP contribution in [0.3, 0.4) is 0 Å². The van der Waals surface area contributed by atoms with E-state index in [2.05, 4.69) is 10.6 Å². The number of hydrogen-bond acceptors (Lipinski definition) is 2. The van der Waals surface area contributed by atoms with E-state index in [1.807, 2.05) is 0 Å². The van der Waals surface area contributed by atoms with E-state index in [0.29, 0.717) is 27.0 Å². The second kappa shape index (κ2) is 6.61. The average molecular weight is 323 g/mol. The molecule has 0 heterocycles. The molecule has 0 aliphatic rings. The molecule has 2 aromatic carbocycles. The molecule has 0 aliphatic carbocycles. The van der Waals surface area contributed by atoms with Gasteiger partial charge in [-0.05, 0) is 36.4 Å². The Morgan fingerprint density at radius 2 is 1.76 bits per heavy atom. The monoisotopic (exact) mass is 322 g/mol. The Bertz CT molecular complexity index is 702. The molecule has 0 atom stereocenters. The van der Waals surface area contributed by atoms with Crippen molar-refractivity contribution in [2.24, 2.45) is 0 Å². The number of rotatable bonds is 3. The van der Waals surface area contributed by atoms with E-state index in [0.717, 1.165) is 0 Å². The van der Waals surface area contributed by atoms with Crippen molar-refractivity contribution in [3.8, 4) is 0 Å². The minimum Gasteiger partial charge on any atom is -0.326 e. The molecule has 0 unspecified atom stereocenters. The number of carbonyl (C=O) groups excluding carboxylic acids is 2.